The second-order valence-electron chi connectivity index (χ2n) is 7.56. The van der Waals surface area contributed by atoms with Crippen LogP contribution in [-0.4, -0.2) is 27.6 Å². The fourth-order valence-electron chi connectivity index (χ4n) is 3.73. The zero-order valence-electron chi connectivity index (χ0n) is 17.2. The SMILES string of the molecule is C[C@@H]1Cc2ccccc2N1C(=O)c1ccc(=O)n(CCC(=O)Nc2ccc(Cl)cc2F)n1. The quantitative estimate of drug-likeness (QED) is 0.637. The number of nitrogens with zero attached hydrogens (tertiary/aromatic N) is 3. The summed E-state index contributed by atoms with van der Waals surface area (Å²) in [6, 6.07) is 14.2. The summed E-state index contributed by atoms with van der Waals surface area (Å²) in [7, 11) is 0. The molecule has 0 spiro atoms. The van der Waals surface area contributed by atoms with Crippen LogP contribution in [0.3, 0.4) is 0 Å². The molecular weight excluding hydrogens is 435 g/mol. The predicted octanol–water partition coefficient (Wildman–Crippen LogP) is 3.66. The molecule has 1 N–H and O–H groups in total. The monoisotopic (exact) mass is 454 g/mol. The number of para-hydroxylation sites is 1. The molecule has 1 aliphatic heterocycles. The first-order chi connectivity index (χ1) is 15.3. The van der Waals surface area contributed by atoms with E-state index < -0.39 is 17.3 Å². The molecule has 2 aromatic carbocycles. The summed E-state index contributed by atoms with van der Waals surface area (Å²) in [5.41, 5.74) is 1.56. The van der Waals surface area contributed by atoms with Crippen LogP contribution >= 0.6 is 11.6 Å². The van der Waals surface area contributed by atoms with Crippen molar-refractivity contribution in [3.8, 4) is 0 Å². The number of aromatic nitrogens is 2. The smallest absolute Gasteiger partial charge is 0.278 e. The van der Waals surface area contributed by atoms with E-state index >= 15 is 0 Å². The Morgan fingerprint density at radius 3 is 2.75 bits per heavy atom. The van der Waals surface area contributed by atoms with Gasteiger partial charge in [0.15, 0.2) is 0 Å². The molecule has 32 heavy (non-hydrogen) atoms. The van der Waals surface area contributed by atoms with Gasteiger partial charge in [0.05, 0.1) is 12.2 Å². The molecule has 164 valence electrons. The maximum atomic E-state index is 13.9. The normalized spacial score (nSPS) is 14.8. The molecule has 0 saturated carbocycles. The number of anilines is 2. The molecule has 2 amide bonds. The van der Waals surface area contributed by atoms with E-state index in [-0.39, 0.29) is 41.3 Å². The molecule has 1 aromatic heterocycles. The highest BCUT2D eigenvalue weighted by Gasteiger charge is 2.32. The minimum Gasteiger partial charge on any atom is -0.324 e. The van der Waals surface area contributed by atoms with Gasteiger partial charge in [-0.1, -0.05) is 29.8 Å². The van der Waals surface area contributed by atoms with E-state index in [9.17, 15) is 18.8 Å². The Morgan fingerprint density at radius 2 is 1.97 bits per heavy atom. The maximum Gasteiger partial charge on any atom is 0.278 e. The van der Waals surface area contributed by atoms with Crippen LogP contribution in [0.25, 0.3) is 0 Å². The lowest BCUT2D eigenvalue weighted by Gasteiger charge is -2.22. The lowest BCUT2D eigenvalue weighted by molar-refractivity contribution is -0.116. The minimum absolute atomic E-state index is 0.00896. The summed E-state index contributed by atoms with van der Waals surface area (Å²) in [5, 5.41) is 6.82. The fraction of sp³-hybridized carbons (Fsp3) is 0.217. The van der Waals surface area contributed by atoms with Crippen molar-refractivity contribution in [2.24, 2.45) is 0 Å². The second-order valence-corrected chi connectivity index (χ2v) is 8.00. The molecule has 1 aliphatic rings. The number of amides is 2. The van der Waals surface area contributed by atoms with Gasteiger partial charge in [-0.15, -0.1) is 0 Å². The van der Waals surface area contributed by atoms with Crippen molar-refractivity contribution in [1.82, 2.24) is 9.78 Å². The summed E-state index contributed by atoms with van der Waals surface area (Å²) in [6.07, 6.45) is 0.610. The van der Waals surface area contributed by atoms with Crippen LogP contribution in [0.1, 0.15) is 29.4 Å². The average Bonchev–Trinajstić information content (AvgIpc) is 3.10. The van der Waals surface area contributed by atoms with Crippen molar-refractivity contribution in [3.05, 3.63) is 87.0 Å². The van der Waals surface area contributed by atoms with E-state index in [1.54, 1.807) is 4.90 Å². The lowest BCUT2D eigenvalue weighted by Crippen LogP contribution is -2.37. The minimum atomic E-state index is -0.659. The number of aryl methyl sites for hydroxylation is 1. The summed E-state index contributed by atoms with van der Waals surface area (Å²) in [5.74, 6) is -1.48. The number of nitrogens with one attached hydrogen (secondary N) is 1. The van der Waals surface area contributed by atoms with Crippen LogP contribution in [0.2, 0.25) is 5.02 Å². The van der Waals surface area contributed by atoms with Gasteiger partial charge in [-0.2, -0.15) is 5.10 Å². The van der Waals surface area contributed by atoms with E-state index in [1.807, 2.05) is 31.2 Å². The molecule has 7 nitrogen and oxygen atoms in total. The van der Waals surface area contributed by atoms with Crippen molar-refractivity contribution in [3.63, 3.8) is 0 Å². The molecule has 2 heterocycles. The van der Waals surface area contributed by atoms with Gasteiger partial charge in [-0.3, -0.25) is 14.4 Å². The van der Waals surface area contributed by atoms with Crippen LogP contribution in [0, 0.1) is 5.82 Å². The molecule has 0 aliphatic carbocycles. The zero-order chi connectivity index (χ0) is 22.8. The number of hydrogen-bond acceptors (Lipinski definition) is 4. The van der Waals surface area contributed by atoms with Crippen molar-refractivity contribution in [1.29, 1.82) is 0 Å². The Balaban J connectivity index is 1.48. The summed E-state index contributed by atoms with van der Waals surface area (Å²) in [4.78, 5) is 39.2. The first-order valence-electron chi connectivity index (χ1n) is 10.1. The Morgan fingerprint density at radius 1 is 1.19 bits per heavy atom. The molecule has 4 rings (SSSR count). The molecule has 0 bridgehead atoms. The van der Waals surface area contributed by atoms with Gasteiger partial charge >= 0.3 is 0 Å². The third-order valence-corrected chi connectivity index (χ3v) is 5.50. The number of rotatable bonds is 5. The number of carbonyl (C=O) groups is 2. The molecule has 9 heteroatoms. The largest absolute Gasteiger partial charge is 0.324 e. The highest BCUT2D eigenvalue weighted by molar-refractivity contribution is 6.30. The summed E-state index contributed by atoms with van der Waals surface area (Å²) < 4.78 is 14.9. The van der Waals surface area contributed by atoms with E-state index in [1.165, 1.54) is 24.3 Å². The molecule has 0 fully saturated rings. The topological polar surface area (TPSA) is 84.3 Å². The van der Waals surface area contributed by atoms with Crippen LogP contribution in [0.15, 0.2) is 59.4 Å². The number of carbonyl (C=O) groups excluding carboxylic acids is 2. The highest BCUT2D eigenvalue weighted by Crippen LogP contribution is 2.32. The first kappa shape index (κ1) is 21.7. The van der Waals surface area contributed by atoms with Gasteiger partial charge in [0.25, 0.3) is 11.5 Å². The van der Waals surface area contributed by atoms with Gasteiger partial charge in [-0.25, -0.2) is 9.07 Å². The van der Waals surface area contributed by atoms with E-state index in [2.05, 4.69) is 10.4 Å². The van der Waals surface area contributed by atoms with Crippen molar-refractivity contribution < 1.29 is 14.0 Å². The van der Waals surface area contributed by atoms with Gasteiger partial charge in [-0.05, 0) is 49.2 Å². The van der Waals surface area contributed by atoms with Crippen LogP contribution < -0.4 is 15.8 Å². The third kappa shape index (κ3) is 4.40. The number of fused-ring (bicyclic) bond motifs is 1. The second kappa shape index (κ2) is 8.92. The fourth-order valence-corrected chi connectivity index (χ4v) is 3.89. The van der Waals surface area contributed by atoms with E-state index in [4.69, 9.17) is 11.6 Å². The van der Waals surface area contributed by atoms with Gasteiger partial charge in [0.2, 0.25) is 5.91 Å². The van der Waals surface area contributed by atoms with Crippen LogP contribution in [-0.2, 0) is 17.8 Å². The Hall–Kier alpha value is -3.52. The molecule has 3 aromatic rings. The lowest BCUT2D eigenvalue weighted by atomic mass is 10.1. The number of halogens is 2. The standard InChI is InChI=1S/C23H20ClFN4O3/c1-14-12-15-4-2-3-5-20(15)29(14)23(32)19-8-9-22(31)28(27-19)11-10-21(30)26-18-7-6-16(24)13-17(18)25/h2-9,13-14H,10-12H2,1H3,(H,26,30)/t14-/m1/s1. The van der Waals surface area contributed by atoms with Crippen molar-refractivity contribution in [2.75, 3.05) is 10.2 Å². The number of hydrogen-bond donors (Lipinski definition) is 1. The van der Waals surface area contributed by atoms with Gasteiger partial charge in [0, 0.05) is 29.2 Å². The third-order valence-electron chi connectivity index (χ3n) is 5.27. The molecule has 1 atom stereocenters. The zero-order valence-corrected chi connectivity index (χ0v) is 18.0. The molecule has 0 unspecified atom stereocenters. The van der Waals surface area contributed by atoms with Gasteiger partial charge < -0.3 is 10.2 Å². The maximum absolute atomic E-state index is 13.9. The highest BCUT2D eigenvalue weighted by atomic mass is 35.5. The average molecular weight is 455 g/mol. The Bertz CT molecular complexity index is 1260. The number of benzene rings is 2. The van der Waals surface area contributed by atoms with Gasteiger partial charge in [0.1, 0.15) is 11.5 Å². The van der Waals surface area contributed by atoms with E-state index in [0.29, 0.717) is 0 Å². The van der Waals surface area contributed by atoms with Crippen LogP contribution in [0.4, 0.5) is 15.8 Å². The Kier molecular flexibility index (Phi) is 6.05. The predicted molar refractivity (Wildman–Crippen MR) is 120 cm³/mol. The summed E-state index contributed by atoms with van der Waals surface area (Å²) >= 11 is 5.71. The molecule has 0 saturated heterocycles. The summed E-state index contributed by atoms with van der Waals surface area (Å²) in [6.45, 7) is 1.89. The van der Waals surface area contributed by atoms with E-state index in [0.717, 1.165) is 28.4 Å². The Labute approximate surface area is 188 Å². The van der Waals surface area contributed by atoms with Crippen molar-refractivity contribution >= 4 is 34.8 Å². The first-order valence-corrected chi connectivity index (χ1v) is 10.5. The van der Waals surface area contributed by atoms with Crippen molar-refractivity contribution in [2.45, 2.75) is 32.4 Å². The molecular formula is C23H20ClFN4O3. The van der Waals surface area contributed by atoms with Crippen LogP contribution in [0.5, 0.6) is 0 Å². The molecule has 0 radical (unpaired) electrons.